The molecule has 0 bridgehead atoms. The molecule has 3 rings (SSSR count). The van der Waals surface area contributed by atoms with Crippen LogP contribution in [0.4, 0.5) is 9.59 Å². The molecule has 1 aromatic carbocycles. The summed E-state index contributed by atoms with van der Waals surface area (Å²) in [6.07, 6.45) is 1.77. The zero-order valence-electron chi connectivity index (χ0n) is 23.0. The van der Waals surface area contributed by atoms with E-state index in [2.05, 4.69) is 16.9 Å². The highest BCUT2D eigenvalue weighted by Crippen LogP contribution is 2.32. The maximum absolute atomic E-state index is 13.3. The number of benzene rings is 1. The second kappa shape index (κ2) is 11.6. The van der Waals surface area contributed by atoms with Gasteiger partial charge in [0.05, 0.1) is 37.1 Å². The van der Waals surface area contributed by atoms with E-state index in [9.17, 15) is 9.59 Å². The monoisotopic (exact) mass is 524 g/mol. The second-order valence-electron chi connectivity index (χ2n) is 10.6. The summed E-state index contributed by atoms with van der Waals surface area (Å²) < 4.78 is 23.5. The molecule has 38 heavy (non-hydrogen) atoms. The Hall–Kier alpha value is -3.92. The maximum atomic E-state index is 13.3. The number of amides is 1. The number of aromatic nitrogens is 3. The van der Waals surface area contributed by atoms with Crippen molar-refractivity contribution in [2.24, 2.45) is 0 Å². The number of methoxy groups -OCH3 is 1. The average molecular weight is 525 g/mol. The van der Waals surface area contributed by atoms with Crippen molar-refractivity contribution in [2.45, 2.75) is 58.8 Å². The summed E-state index contributed by atoms with van der Waals surface area (Å²) in [6.45, 7) is 14.5. The molecule has 0 saturated carbocycles. The molecular weight excluding hydrogens is 488 g/mol. The molecular formula is C28H36N4O6. The number of rotatable bonds is 8. The molecule has 2 heterocycles. The highest BCUT2D eigenvalue weighted by molar-refractivity contribution is 5.86. The van der Waals surface area contributed by atoms with E-state index < -0.39 is 29.4 Å². The van der Waals surface area contributed by atoms with Gasteiger partial charge in [-0.3, -0.25) is 0 Å². The van der Waals surface area contributed by atoms with Crippen LogP contribution < -0.4 is 10.1 Å². The molecule has 0 radical (unpaired) electrons. The number of pyridine rings is 1. The van der Waals surface area contributed by atoms with Crippen molar-refractivity contribution in [2.75, 3.05) is 20.3 Å². The summed E-state index contributed by atoms with van der Waals surface area (Å²) in [7, 11) is 1.52. The zero-order chi connectivity index (χ0) is 28.1. The minimum Gasteiger partial charge on any atom is -0.480 e. The summed E-state index contributed by atoms with van der Waals surface area (Å²) in [6, 6.07) is 8.63. The summed E-state index contributed by atoms with van der Waals surface area (Å²) >= 11 is 0. The van der Waals surface area contributed by atoms with Crippen LogP contribution in [0.25, 0.3) is 22.2 Å². The number of fused-ring (bicyclic) bond motifs is 1. The van der Waals surface area contributed by atoms with Crippen LogP contribution in [-0.2, 0) is 14.2 Å². The summed E-state index contributed by atoms with van der Waals surface area (Å²) in [5.74, 6) is 0.531. The van der Waals surface area contributed by atoms with Gasteiger partial charge in [0.2, 0.25) is 5.88 Å². The van der Waals surface area contributed by atoms with Crippen LogP contribution in [0.3, 0.4) is 0 Å². The lowest BCUT2D eigenvalue weighted by Gasteiger charge is -2.24. The molecule has 1 atom stereocenters. The fourth-order valence-corrected chi connectivity index (χ4v) is 3.56. The average Bonchev–Trinajstić information content (AvgIpc) is 3.26. The van der Waals surface area contributed by atoms with E-state index in [1.165, 1.54) is 17.9 Å². The van der Waals surface area contributed by atoms with Crippen molar-refractivity contribution in [3.63, 3.8) is 0 Å². The fourth-order valence-electron chi connectivity index (χ4n) is 3.56. The van der Waals surface area contributed by atoms with E-state index in [1.54, 1.807) is 47.6 Å². The Bertz CT molecular complexity index is 1300. The first-order valence-corrected chi connectivity index (χ1v) is 12.3. The number of para-hydroxylation sites is 1. The smallest absolute Gasteiger partial charge is 0.420 e. The topological polar surface area (TPSA) is 114 Å². The van der Waals surface area contributed by atoms with Crippen LogP contribution in [0, 0.1) is 0 Å². The van der Waals surface area contributed by atoms with Gasteiger partial charge >= 0.3 is 12.2 Å². The molecule has 10 heteroatoms. The first kappa shape index (κ1) is 28.6. The van der Waals surface area contributed by atoms with Crippen LogP contribution in [0.15, 0.2) is 49.2 Å². The van der Waals surface area contributed by atoms with Crippen LogP contribution in [-0.4, -0.2) is 58.2 Å². The van der Waals surface area contributed by atoms with Crippen molar-refractivity contribution in [3.05, 3.63) is 55.0 Å². The molecule has 1 N–H and O–H groups in total. The lowest BCUT2D eigenvalue weighted by atomic mass is 10.1. The van der Waals surface area contributed by atoms with E-state index >= 15 is 0 Å². The molecule has 2 aromatic heterocycles. The Morgan fingerprint density at radius 3 is 2.39 bits per heavy atom. The van der Waals surface area contributed by atoms with E-state index in [1.807, 2.05) is 30.3 Å². The molecule has 0 aliphatic carbocycles. The molecule has 204 valence electrons. The van der Waals surface area contributed by atoms with E-state index in [0.29, 0.717) is 17.1 Å². The molecule has 0 saturated heterocycles. The SMILES string of the molecule is C=CCOCC(NC(=O)OC(C)(C)C)c1nc(-c2cc3ccccc3nc2OC)cn1C(=O)OC(C)(C)C. The third-order valence-electron chi connectivity index (χ3n) is 5.00. The number of nitrogens with zero attached hydrogens (tertiary/aromatic N) is 3. The second-order valence-corrected chi connectivity index (χ2v) is 10.6. The third-order valence-corrected chi connectivity index (χ3v) is 5.00. The predicted octanol–water partition coefficient (Wildman–Crippen LogP) is 5.66. The standard InChI is InChI=1S/C28H36N4O6/c1-9-14-36-17-22(31-25(33)37-27(2,3)4)23-29-21(16-32(23)26(34)38-28(5,6)7)19-15-18-12-10-11-13-20(18)30-24(19)35-8/h9-13,15-16,22H,1,14,17H2,2-8H3,(H,31,33). The van der Waals surface area contributed by atoms with Crippen LogP contribution >= 0.6 is 0 Å². The summed E-state index contributed by atoms with van der Waals surface area (Å²) in [5.41, 5.74) is 0.224. The van der Waals surface area contributed by atoms with Crippen LogP contribution in [0.5, 0.6) is 5.88 Å². The Labute approximate surface area is 223 Å². The van der Waals surface area contributed by atoms with Crippen LogP contribution in [0.2, 0.25) is 0 Å². The quantitative estimate of drug-likeness (QED) is 0.297. The summed E-state index contributed by atoms with van der Waals surface area (Å²) in [4.78, 5) is 35.3. The molecule has 0 aliphatic rings. The predicted molar refractivity (Wildman–Crippen MR) is 144 cm³/mol. The first-order valence-electron chi connectivity index (χ1n) is 12.3. The van der Waals surface area contributed by atoms with Gasteiger partial charge in [0.15, 0.2) is 0 Å². The lowest BCUT2D eigenvalue weighted by molar-refractivity contribution is 0.0423. The van der Waals surface area contributed by atoms with Crippen LogP contribution in [0.1, 0.15) is 53.4 Å². The molecule has 1 unspecified atom stereocenters. The number of ether oxygens (including phenoxy) is 4. The number of alkyl carbamates (subject to hydrolysis) is 1. The largest absolute Gasteiger partial charge is 0.480 e. The maximum Gasteiger partial charge on any atom is 0.420 e. The highest BCUT2D eigenvalue weighted by Gasteiger charge is 2.30. The van der Waals surface area contributed by atoms with Gasteiger partial charge in [-0.2, -0.15) is 0 Å². The molecule has 0 aliphatic heterocycles. The Balaban J connectivity index is 2.14. The lowest BCUT2D eigenvalue weighted by Crippen LogP contribution is -2.39. The van der Waals surface area contributed by atoms with Gasteiger partial charge in [-0.05, 0) is 53.7 Å². The minimum atomic E-state index is -0.856. The van der Waals surface area contributed by atoms with Gasteiger partial charge in [-0.15, -0.1) is 6.58 Å². The highest BCUT2D eigenvalue weighted by atomic mass is 16.6. The summed E-state index contributed by atoms with van der Waals surface area (Å²) in [5, 5.41) is 3.64. The number of nitrogens with one attached hydrogen (secondary N) is 1. The fraction of sp³-hybridized carbons (Fsp3) is 0.429. The number of carbonyl (C=O) groups is 2. The number of hydrogen-bond donors (Lipinski definition) is 1. The van der Waals surface area contributed by atoms with Gasteiger partial charge in [0.1, 0.15) is 23.1 Å². The van der Waals surface area contributed by atoms with Crippen molar-refractivity contribution < 1.29 is 28.5 Å². The van der Waals surface area contributed by atoms with Crippen molar-refractivity contribution in [1.82, 2.24) is 19.9 Å². The Morgan fingerprint density at radius 1 is 1.08 bits per heavy atom. The van der Waals surface area contributed by atoms with Crippen molar-refractivity contribution in [3.8, 4) is 17.1 Å². The number of imidazole rings is 1. The van der Waals surface area contributed by atoms with Gasteiger partial charge in [0, 0.05) is 11.6 Å². The molecule has 3 aromatic rings. The number of carbonyl (C=O) groups excluding carboxylic acids is 2. The minimum absolute atomic E-state index is 0.00236. The third kappa shape index (κ3) is 7.55. The van der Waals surface area contributed by atoms with Gasteiger partial charge in [-0.1, -0.05) is 24.3 Å². The van der Waals surface area contributed by atoms with Gasteiger partial charge in [0.25, 0.3) is 0 Å². The number of hydrogen-bond acceptors (Lipinski definition) is 8. The molecule has 1 amide bonds. The van der Waals surface area contributed by atoms with Crippen molar-refractivity contribution >= 4 is 23.1 Å². The van der Waals surface area contributed by atoms with E-state index in [4.69, 9.17) is 23.9 Å². The van der Waals surface area contributed by atoms with E-state index in [0.717, 1.165) is 10.9 Å². The first-order chi connectivity index (χ1) is 17.8. The Morgan fingerprint density at radius 2 is 1.76 bits per heavy atom. The molecule has 0 spiro atoms. The van der Waals surface area contributed by atoms with Crippen molar-refractivity contribution in [1.29, 1.82) is 0 Å². The van der Waals surface area contributed by atoms with E-state index in [-0.39, 0.29) is 19.0 Å². The van der Waals surface area contributed by atoms with Gasteiger partial charge < -0.3 is 24.3 Å². The molecule has 0 fully saturated rings. The molecule has 10 nitrogen and oxygen atoms in total. The van der Waals surface area contributed by atoms with Gasteiger partial charge in [-0.25, -0.2) is 24.1 Å². The zero-order valence-corrected chi connectivity index (χ0v) is 23.0. The Kier molecular flexibility index (Phi) is 8.78. The normalized spacial score (nSPS) is 12.6.